The summed E-state index contributed by atoms with van der Waals surface area (Å²) in [7, 11) is -3.49. The zero-order valence-electron chi connectivity index (χ0n) is 9.29. The lowest BCUT2D eigenvalue weighted by Gasteiger charge is -2.21. The average molecular weight is 291 g/mol. The fourth-order valence-corrected chi connectivity index (χ4v) is 5.11. The van der Waals surface area contributed by atoms with Crippen LogP contribution < -0.4 is 5.73 Å². The number of nitrogens with zero attached hydrogens (tertiary/aromatic N) is 2. The van der Waals surface area contributed by atoms with Gasteiger partial charge in [0.25, 0.3) is 10.0 Å². The highest BCUT2D eigenvalue weighted by Crippen LogP contribution is 2.28. The van der Waals surface area contributed by atoms with Crippen molar-refractivity contribution in [2.45, 2.75) is 30.0 Å². The van der Waals surface area contributed by atoms with Crippen LogP contribution in [0.4, 0.5) is 0 Å². The van der Waals surface area contributed by atoms with Gasteiger partial charge >= 0.3 is 0 Å². The molecular formula is C9H13N3O2S3. The summed E-state index contributed by atoms with van der Waals surface area (Å²) >= 11 is 6.09. The Morgan fingerprint density at radius 2 is 2.41 bits per heavy atom. The Kier molecular flexibility index (Phi) is 3.48. The SMILES string of the molecule is Cc1ncc(S(=O)(=O)N2CCCC2C(N)=S)s1. The highest BCUT2D eigenvalue weighted by Gasteiger charge is 2.37. The fourth-order valence-electron chi connectivity index (χ4n) is 1.89. The molecule has 2 N–H and O–H groups in total. The van der Waals surface area contributed by atoms with Crippen LogP contribution >= 0.6 is 23.6 Å². The lowest BCUT2D eigenvalue weighted by molar-refractivity contribution is 0.448. The van der Waals surface area contributed by atoms with Gasteiger partial charge < -0.3 is 5.73 Å². The minimum Gasteiger partial charge on any atom is -0.392 e. The number of sulfonamides is 1. The van der Waals surface area contributed by atoms with Crippen molar-refractivity contribution in [1.29, 1.82) is 0 Å². The molecule has 5 nitrogen and oxygen atoms in total. The van der Waals surface area contributed by atoms with Crippen LogP contribution in [-0.4, -0.2) is 35.3 Å². The Hall–Kier alpha value is -0.570. The number of aryl methyl sites for hydroxylation is 1. The number of thiocarbonyl (C=S) groups is 1. The largest absolute Gasteiger partial charge is 0.392 e. The van der Waals surface area contributed by atoms with Crippen LogP contribution in [0.5, 0.6) is 0 Å². The Bertz CT molecular complexity index is 537. The van der Waals surface area contributed by atoms with E-state index in [1.54, 1.807) is 6.92 Å². The highest BCUT2D eigenvalue weighted by atomic mass is 32.2. The Labute approximate surface area is 110 Å². The normalized spacial score (nSPS) is 21.8. The quantitative estimate of drug-likeness (QED) is 0.837. The maximum absolute atomic E-state index is 12.3. The molecule has 1 aromatic rings. The molecule has 94 valence electrons. The van der Waals surface area contributed by atoms with Gasteiger partial charge in [0.15, 0.2) is 4.21 Å². The van der Waals surface area contributed by atoms with Crippen LogP contribution in [0.3, 0.4) is 0 Å². The monoisotopic (exact) mass is 291 g/mol. The van der Waals surface area contributed by atoms with E-state index >= 15 is 0 Å². The summed E-state index contributed by atoms with van der Waals surface area (Å²) < 4.78 is 26.3. The number of thiazole rings is 1. The second-order valence-corrected chi connectivity index (χ2v) is 7.70. The molecule has 0 aliphatic carbocycles. The smallest absolute Gasteiger partial charge is 0.254 e. The molecule has 1 atom stereocenters. The molecule has 0 saturated carbocycles. The molecule has 0 aromatic carbocycles. The van der Waals surface area contributed by atoms with Gasteiger partial charge in [-0.05, 0) is 19.8 Å². The molecule has 2 heterocycles. The molecule has 1 unspecified atom stereocenters. The maximum atomic E-state index is 12.3. The first-order chi connectivity index (χ1) is 7.93. The predicted octanol–water partition coefficient (Wildman–Crippen LogP) is 0.891. The predicted molar refractivity (Wildman–Crippen MR) is 70.6 cm³/mol. The maximum Gasteiger partial charge on any atom is 0.254 e. The number of nitrogens with two attached hydrogens (primary N) is 1. The third-order valence-corrected chi connectivity index (χ3v) is 6.22. The van der Waals surface area contributed by atoms with Crippen molar-refractivity contribution in [3.63, 3.8) is 0 Å². The molecule has 1 saturated heterocycles. The van der Waals surface area contributed by atoms with Crippen LogP contribution in [-0.2, 0) is 10.0 Å². The number of hydrogen-bond donors (Lipinski definition) is 1. The highest BCUT2D eigenvalue weighted by molar-refractivity contribution is 7.91. The van der Waals surface area contributed by atoms with Crippen LogP contribution in [0.25, 0.3) is 0 Å². The summed E-state index contributed by atoms with van der Waals surface area (Å²) in [6, 6.07) is -0.350. The lowest BCUT2D eigenvalue weighted by Crippen LogP contribution is -2.42. The lowest BCUT2D eigenvalue weighted by atomic mass is 10.2. The summed E-state index contributed by atoms with van der Waals surface area (Å²) in [6.45, 7) is 2.25. The number of rotatable bonds is 3. The van der Waals surface area contributed by atoms with Gasteiger partial charge in [-0.2, -0.15) is 4.31 Å². The Morgan fingerprint density at radius 3 is 2.94 bits per heavy atom. The Morgan fingerprint density at radius 1 is 1.71 bits per heavy atom. The zero-order chi connectivity index (χ0) is 12.6. The van der Waals surface area contributed by atoms with Crippen molar-refractivity contribution < 1.29 is 8.42 Å². The molecule has 0 radical (unpaired) electrons. The first kappa shape index (κ1) is 12.9. The van der Waals surface area contributed by atoms with E-state index in [2.05, 4.69) is 4.98 Å². The van der Waals surface area contributed by atoms with Crippen LogP contribution in [0.15, 0.2) is 10.4 Å². The van der Waals surface area contributed by atoms with Gasteiger partial charge in [0.2, 0.25) is 0 Å². The van der Waals surface area contributed by atoms with Crippen molar-refractivity contribution in [2.24, 2.45) is 5.73 Å². The summed E-state index contributed by atoms with van der Waals surface area (Å²) in [4.78, 5) is 4.22. The minimum atomic E-state index is -3.49. The van der Waals surface area contributed by atoms with E-state index in [9.17, 15) is 8.42 Å². The van der Waals surface area contributed by atoms with Gasteiger partial charge in [-0.25, -0.2) is 13.4 Å². The van der Waals surface area contributed by atoms with Crippen molar-refractivity contribution in [2.75, 3.05) is 6.54 Å². The van der Waals surface area contributed by atoms with Crippen molar-refractivity contribution in [3.05, 3.63) is 11.2 Å². The first-order valence-corrected chi connectivity index (χ1v) is 7.83. The molecule has 8 heteroatoms. The van der Waals surface area contributed by atoms with E-state index in [1.165, 1.54) is 21.8 Å². The van der Waals surface area contributed by atoms with Crippen molar-refractivity contribution >= 4 is 38.6 Å². The van der Waals surface area contributed by atoms with E-state index in [1.807, 2.05) is 0 Å². The van der Waals surface area contributed by atoms with Gasteiger partial charge in [0.1, 0.15) is 0 Å². The topological polar surface area (TPSA) is 76.3 Å². The minimum absolute atomic E-state index is 0.243. The molecule has 0 spiro atoms. The second kappa shape index (κ2) is 4.60. The van der Waals surface area contributed by atoms with Crippen molar-refractivity contribution in [3.8, 4) is 0 Å². The standard InChI is InChI=1S/C9H13N3O2S3/c1-6-11-5-8(16-6)17(13,14)12-4-2-3-7(12)9(10)15/h5,7H,2-4H2,1H3,(H2,10,15). The molecule has 1 fully saturated rings. The second-order valence-electron chi connectivity index (χ2n) is 3.87. The summed E-state index contributed by atoms with van der Waals surface area (Å²) in [5.41, 5.74) is 5.58. The molecular weight excluding hydrogens is 278 g/mol. The number of aromatic nitrogens is 1. The van der Waals surface area contributed by atoms with Crippen LogP contribution in [0.2, 0.25) is 0 Å². The summed E-state index contributed by atoms with van der Waals surface area (Å²) in [5.74, 6) is 0. The first-order valence-electron chi connectivity index (χ1n) is 5.16. The molecule has 0 amide bonds. The molecule has 1 aliphatic heterocycles. The third-order valence-electron chi connectivity index (χ3n) is 2.70. The van der Waals surface area contributed by atoms with Crippen molar-refractivity contribution in [1.82, 2.24) is 9.29 Å². The van der Waals surface area contributed by atoms with Crippen LogP contribution in [0.1, 0.15) is 17.8 Å². The van der Waals surface area contributed by atoms with Gasteiger partial charge in [0.05, 0.1) is 22.2 Å². The molecule has 1 aromatic heterocycles. The zero-order valence-corrected chi connectivity index (χ0v) is 11.7. The van der Waals surface area contributed by atoms with Crippen LogP contribution in [0, 0.1) is 6.92 Å². The fraction of sp³-hybridized carbons (Fsp3) is 0.556. The Balaban J connectivity index is 2.36. The molecule has 1 aliphatic rings. The van der Waals surface area contributed by atoms with E-state index < -0.39 is 10.0 Å². The van der Waals surface area contributed by atoms with E-state index in [-0.39, 0.29) is 15.2 Å². The van der Waals surface area contributed by atoms with E-state index in [0.29, 0.717) is 13.0 Å². The molecule has 0 bridgehead atoms. The van der Waals surface area contributed by atoms with Gasteiger partial charge in [0, 0.05) is 6.54 Å². The summed E-state index contributed by atoms with van der Waals surface area (Å²) in [6.07, 6.45) is 2.88. The van der Waals surface area contributed by atoms with Gasteiger partial charge in [-0.1, -0.05) is 12.2 Å². The van der Waals surface area contributed by atoms with E-state index in [0.717, 1.165) is 11.4 Å². The average Bonchev–Trinajstić information content (AvgIpc) is 2.84. The molecule has 17 heavy (non-hydrogen) atoms. The molecule has 2 rings (SSSR count). The number of hydrogen-bond acceptors (Lipinski definition) is 5. The third kappa shape index (κ3) is 2.35. The summed E-state index contributed by atoms with van der Waals surface area (Å²) in [5, 5.41) is 0.731. The van der Waals surface area contributed by atoms with Gasteiger partial charge in [-0.3, -0.25) is 0 Å². The van der Waals surface area contributed by atoms with Gasteiger partial charge in [-0.15, -0.1) is 11.3 Å². The van der Waals surface area contributed by atoms with E-state index in [4.69, 9.17) is 18.0 Å².